The number of benzene rings is 2. The molecule has 2 heterocycles. The van der Waals surface area contributed by atoms with E-state index in [1.54, 1.807) is 17.0 Å². The highest BCUT2D eigenvalue weighted by molar-refractivity contribution is 8.15. The highest BCUT2D eigenvalue weighted by Gasteiger charge is 2.31. The second-order valence-corrected chi connectivity index (χ2v) is 8.67. The van der Waals surface area contributed by atoms with Gasteiger partial charge in [0, 0.05) is 17.7 Å². The van der Waals surface area contributed by atoms with Gasteiger partial charge in [-0.15, -0.1) is 0 Å². The fraction of sp³-hybridized carbons (Fsp3) is 0.250. The molecule has 1 atom stereocenters. The molecule has 0 bridgehead atoms. The molecule has 1 aliphatic rings. The van der Waals surface area contributed by atoms with Gasteiger partial charge in [0.15, 0.2) is 0 Å². The number of hydrogen-bond acceptors (Lipinski definition) is 6. The Morgan fingerprint density at radius 2 is 1.84 bits per heavy atom. The summed E-state index contributed by atoms with van der Waals surface area (Å²) in [7, 11) is 0. The predicted octanol–water partition coefficient (Wildman–Crippen LogP) is 4.21. The van der Waals surface area contributed by atoms with Crippen molar-refractivity contribution in [2.75, 3.05) is 6.54 Å². The van der Waals surface area contributed by atoms with E-state index in [0.29, 0.717) is 36.7 Å². The van der Waals surface area contributed by atoms with Crippen LogP contribution in [0.2, 0.25) is 0 Å². The van der Waals surface area contributed by atoms with Crippen LogP contribution in [-0.2, 0) is 17.8 Å². The fourth-order valence-corrected chi connectivity index (χ4v) is 4.35. The average Bonchev–Trinajstić information content (AvgIpc) is 3.33. The van der Waals surface area contributed by atoms with Gasteiger partial charge in [0.05, 0.1) is 11.8 Å². The van der Waals surface area contributed by atoms with Crippen LogP contribution in [0.15, 0.2) is 59.0 Å². The van der Waals surface area contributed by atoms with Crippen LogP contribution in [0.4, 0.5) is 4.79 Å². The summed E-state index contributed by atoms with van der Waals surface area (Å²) in [5.74, 6) is 0.853. The molecule has 1 unspecified atom stereocenters. The number of thioether (sulfide) groups is 1. The highest BCUT2D eigenvalue weighted by Crippen LogP contribution is 2.24. The largest absolute Gasteiger partial charge is 0.441 e. The summed E-state index contributed by atoms with van der Waals surface area (Å²) >= 11 is 1.000. The molecule has 32 heavy (non-hydrogen) atoms. The van der Waals surface area contributed by atoms with Crippen molar-refractivity contribution in [3.05, 3.63) is 77.2 Å². The maximum absolute atomic E-state index is 13.1. The summed E-state index contributed by atoms with van der Waals surface area (Å²) in [6.07, 6.45) is 0.439. The highest BCUT2D eigenvalue weighted by atomic mass is 32.2. The van der Waals surface area contributed by atoms with Crippen LogP contribution in [0, 0.1) is 6.92 Å². The molecule has 8 heteroatoms. The molecule has 3 amide bonds. The van der Waals surface area contributed by atoms with Gasteiger partial charge in [0.25, 0.3) is 11.1 Å². The van der Waals surface area contributed by atoms with Crippen LogP contribution in [0.1, 0.15) is 34.3 Å². The molecule has 164 valence electrons. The van der Waals surface area contributed by atoms with Crippen LogP contribution in [0.5, 0.6) is 0 Å². The maximum atomic E-state index is 13.1. The van der Waals surface area contributed by atoms with Gasteiger partial charge in [0.2, 0.25) is 11.8 Å². The van der Waals surface area contributed by atoms with E-state index in [2.05, 4.69) is 10.3 Å². The Labute approximate surface area is 190 Å². The minimum atomic E-state index is -0.426. The molecule has 2 aromatic carbocycles. The van der Waals surface area contributed by atoms with E-state index in [1.807, 2.05) is 56.3 Å². The van der Waals surface area contributed by atoms with E-state index in [0.717, 1.165) is 28.6 Å². The third-order valence-electron chi connectivity index (χ3n) is 5.31. The quantitative estimate of drug-likeness (QED) is 0.581. The molecule has 1 N–H and O–H groups in total. The van der Waals surface area contributed by atoms with E-state index in [-0.39, 0.29) is 17.1 Å². The monoisotopic (exact) mass is 449 g/mol. The number of imide groups is 1. The number of carbonyl (C=O) groups excluding carboxylic acids is 3. The third-order valence-corrected chi connectivity index (χ3v) is 6.29. The summed E-state index contributed by atoms with van der Waals surface area (Å²) in [5.41, 5.74) is 3.07. The molecule has 0 spiro atoms. The normalized spacial score (nSPS) is 15.6. The zero-order chi connectivity index (χ0) is 22.7. The second kappa shape index (κ2) is 9.40. The van der Waals surface area contributed by atoms with Crippen LogP contribution in [-0.4, -0.2) is 38.7 Å². The second-order valence-electron chi connectivity index (χ2n) is 7.49. The van der Waals surface area contributed by atoms with Gasteiger partial charge in [-0.05, 0) is 50.1 Å². The zero-order valence-corrected chi connectivity index (χ0v) is 18.6. The molecule has 0 aliphatic carbocycles. The number of rotatable bonds is 7. The van der Waals surface area contributed by atoms with E-state index in [1.165, 1.54) is 0 Å². The van der Waals surface area contributed by atoms with Gasteiger partial charge >= 0.3 is 0 Å². The summed E-state index contributed by atoms with van der Waals surface area (Å²) in [6.45, 7) is 4.64. The molecule has 1 fully saturated rings. The first-order valence-electron chi connectivity index (χ1n) is 10.4. The number of nitrogens with zero attached hydrogens (tertiary/aromatic N) is 2. The summed E-state index contributed by atoms with van der Waals surface area (Å²) in [5, 5.41) is 1.55. The smallest absolute Gasteiger partial charge is 0.286 e. The minimum absolute atomic E-state index is 0.106. The summed E-state index contributed by atoms with van der Waals surface area (Å²) in [4.78, 5) is 42.5. The Morgan fingerprint density at radius 1 is 1.12 bits per heavy atom. The number of oxazole rings is 1. The van der Waals surface area contributed by atoms with Gasteiger partial charge in [-0.1, -0.05) is 42.1 Å². The number of hydrogen-bond donors (Lipinski definition) is 1. The number of aromatic nitrogens is 1. The average molecular weight is 450 g/mol. The van der Waals surface area contributed by atoms with E-state index < -0.39 is 5.25 Å². The lowest BCUT2D eigenvalue weighted by atomic mass is 10.1. The Morgan fingerprint density at radius 3 is 2.47 bits per heavy atom. The number of nitrogens with one attached hydrogen (secondary N) is 1. The number of amides is 3. The first-order valence-corrected chi connectivity index (χ1v) is 11.2. The van der Waals surface area contributed by atoms with Crippen molar-refractivity contribution < 1.29 is 18.8 Å². The summed E-state index contributed by atoms with van der Waals surface area (Å²) in [6, 6.07) is 16.8. The van der Waals surface area contributed by atoms with Crippen molar-refractivity contribution in [3.63, 3.8) is 0 Å². The Bertz CT molecular complexity index is 1140. The van der Waals surface area contributed by atoms with Gasteiger partial charge in [-0.2, -0.15) is 0 Å². The Kier molecular flexibility index (Phi) is 6.41. The van der Waals surface area contributed by atoms with Crippen LogP contribution >= 0.6 is 11.8 Å². The van der Waals surface area contributed by atoms with Crippen LogP contribution < -0.4 is 5.32 Å². The van der Waals surface area contributed by atoms with Crippen molar-refractivity contribution in [1.29, 1.82) is 0 Å². The van der Waals surface area contributed by atoms with Gasteiger partial charge in [-0.25, -0.2) is 4.98 Å². The first-order chi connectivity index (χ1) is 15.4. The standard InChI is InChI=1S/C24H23N3O4S/c1-3-27(14-19-15(2)31-22(25-19)17-7-5-4-6-8-17)23(29)18-11-9-16(10-12-18)13-20-21(28)26-24(30)32-20/h4-12,20H,3,13-14H2,1-2H3,(H,26,28,30). The molecular formula is C24H23N3O4S. The Hall–Kier alpha value is -3.39. The zero-order valence-electron chi connectivity index (χ0n) is 17.8. The first kappa shape index (κ1) is 21.8. The van der Waals surface area contributed by atoms with E-state index >= 15 is 0 Å². The molecule has 7 nitrogen and oxygen atoms in total. The third kappa shape index (κ3) is 4.75. The van der Waals surface area contributed by atoms with Crippen molar-refractivity contribution in [2.24, 2.45) is 0 Å². The molecule has 4 rings (SSSR count). The number of aryl methyl sites for hydroxylation is 1. The van der Waals surface area contributed by atoms with Crippen molar-refractivity contribution >= 4 is 28.8 Å². The van der Waals surface area contributed by atoms with Gasteiger partial charge < -0.3 is 9.32 Å². The van der Waals surface area contributed by atoms with Crippen molar-refractivity contribution in [1.82, 2.24) is 15.2 Å². The lowest BCUT2D eigenvalue weighted by Crippen LogP contribution is -2.30. The molecule has 1 saturated heterocycles. The fourth-order valence-electron chi connectivity index (χ4n) is 3.49. The van der Waals surface area contributed by atoms with Crippen molar-refractivity contribution in [3.8, 4) is 11.5 Å². The van der Waals surface area contributed by atoms with Gasteiger partial charge in [-0.3, -0.25) is 19.7 Å². The lowest BCUT2D eigenvalue weighted by Gasteiger charge is -2.20. The maximum Gasteiger partial charge on any atom is 0.286 e. The Balaban J connectivity index is 1.44. The number of carbonyl (C=O) groups is 3. The lowest BCUT2D eigenvalue weighted by molar-refractivity contribution is -0.118. The van der Waals surface area contributed by atoms with Gasteiger partial charge in [0.1, 0.15) is 11.5 Å². The molecule has 0 saturated carbocycles. The van der Waals surface area contributed by atoms with Crippen LogP contribution in [0.25, 0.3) is 11.5 Å². The minimum Gasteiger partial charge on any atom is -0.441 e. The van der Waals surface area contributed by atoms with E-state index in [4.69, 9.17) is 4.42 Å². The summed E-state index contributed by atoms with van der Waals surface area (Å²) < 4.78 is 5.82. The van der Waals surface area contributed by atoms with Crippen molar-refractivity contribution in [2.45, 2.75) is 32.1 Å². The molecule has 3 aromatic rings. The predicted molar refractivity (Wildman–Crippen MR) is 122 cm³/mol. The van der Waals surface area contributed by atoms with E-state index in [9.17, 15) is 14.4 Å². The molecular weight excluding hydrogens is 426 g/mol. The topological polar surface area (TPSA) is 92.5 Å². The molecule has 1 aromatic heterocycles. The molecule has 0 radical (unpaired) electrons. The van der Waals surface area contributed by atoms with Crippen LogP contribution in [0.3, 0.4) is 0 Å². The SMILES string of the molecule is CCN(Cc1nc(-c2ccccc2)oc1C)C(=O)c1ccc(CC2SC(=O)NC2=O)cc1. The molecule has 1 aliphatic heterocycles.